The maximum atomic E-state index is 13.4. The number of nitrogens with zero attached hydrogens (tertiary/aromatic N) is 1. The normalized spacial score (nSPS) is 12.1. The molecule has 0 aliphatic heterocycles. The standard InChI is InChI=1S/C16H17FN2O2/c1-11-4-3-5-14(6-11)12(2)18-10-13-7-15(17)9-16(8-13)19(20)21/h3-9,12,18H,10H2,1-2H3/t12-/m0/s1. The number of hydrogen-bond donors (Lipinski definition) is 1. The first-order valence-electron chi connectivity index (χ1n) is 6.69. The fourth-order valence-electron chi connectivity index (χ4n) is 2.17. The number of nitro groups is 1. The van der Waals surface area contributed by atoms with Gasteiger partial charge in [0.25, 0.3) is 5.69 Å². The second-order valence-electron chi connectivity index (χ2n) is 5.09. The van der Waals surface area contributed by atoms with E-state index in [1.54, 1.807) is 0 Å². The molecule has 110 valence electrons. The molecule has 0 aliphatic carbocycles. The van der Waals surface area contributed by atoms with Crippen LogP contribution in [0.25, 0.3) is 0 Å². The van der Waals surface area contributed by atoms with Crippen molar-refractivity contribution in [2.45, 2.75) is 26.4 Å². The summed E-state index contributed by atoms with van der Waals surface area (Å²) in [6.07, 6.45) is 0. The average Bonchev–Trinajstić information content (AvgIpc) is 2.44. The van der Waals surface area contributed by atoms with E-state index in [4.69, 9.17) is 0 Å². The van der Waals surface area contributed by atoms with Crippen LogP contribution in [0.3, 0.4) is 0 Å². The van der Waals surface area contributed by atoms with Crippen molar-refractivity contribution in [2.24, 2.45) is 0 Å². The Balaban J connectivity index is 2.07. The molecule has 0 aliphatic rings. The molecular formula is C16H17FN2O2. The summed E-state index contributed by atoms with van der Waals surface area (Å²) in [4.78, 5) is 10.1. The molecule has 5 heteroatoms. The lowest BCUT2D eigenvalue weighted by Gasteiger charge is -2.15. The Bertz CT molecular complexity index is 658. The third kappa shape index (κ3) is 4.10. The molecule has 0 saturated heterocycles. The van der Waals surface area contributed by atoms with Crippen molar-refractivity contribution in [3.8, 4) is 0 Å². The summed E-state index contributed by atoms with van der Waals surface area (Å²) < 4.78 is 13.4. The van der Waals surface area contributed by atoms with Gasteiger partial charge in [-0.25, -0.2) is 4.39 Å². The summed E-state index contributed by atoms with van der Waals surface area (Å²) in [5, 5.41) is 14.0. The SMILES string of the molecule is Cc1cccc([C@H](C)NCc2cc(F)cc([N+](=O)[O-])c2)c1. The second kappa shape index (κ2) is 6.45. The van der Waals surface area contributed by atoms with E-state index in [0.29, 0.717) is 12.1 Å². The Morgan fingerprint density at radius 3 is 2.71 bits per heavy atom. The maximum absolute atomic E-state index is 13.4. The van der Waals surface area contributed by atoms with Gasteiger partial charge in [0.15, 0.2) is 0 Å². The van der Waals surface area contributed by atoms with E-state index < -0.39 is 10.7 Å². The quantitative estimate of drug-likeness (QED) is 0.670. The van der Waals surface area contributed by atoms with Gasteiger partial charge in [0.1, 0.15) is 5.82 Å². The minimum Gasteiger partial charge on any atom is -0.306 e. The molecule has 0 aromatic heterocycles. The van der Waals surface area contributed by atoms with Crippen LogP contribution >= 0.6 is 0 Å². The smallest absolute Gasteiger partial charge is 0.272 e. The molecule has 0 radical (unpaired) electrons. The van der Waals surface area contributed by atoms with Crippen LogP contribution in [-0.2, 0) is 6.54 Å². The molecule has 2 aromatic rings. The summed E-state index contributed by atoms with van der Waals surface area (Å²) in [6.45, 7) is 4.39. The lowest BCUT2D eigenvalue weighted by Crippen LogP contribution is -2.18. The van der Waals surface area contributed by atoms with Gasteiger partial charge >= 0.3 is 0 Å². The predicted molar refractivity (Wildman–Crippen MR) is 79.5 cm³/mol. The Labute approximate surface area is 122 Å². The van der Waals surface area contributed by atoms with Crippen molar-refractivity contribution in [3.05, 3.63) is 75.1 Å². The van der Waals surface area contributed by atoms with Gasteiger partial charge in [-0.05, 0) is 31.0 Å². The Kier molecular flexibility index (Phi) is 4.65. The Morgan fingerprint density at radius 1 is 1.29 bits per heavy atom. The van der Waals surface area contributed by atoms with Gasteiger partial charge in [-0.3, -0.25) is 10.1 Å². The summed E-state index contributed by atoms with van der Waals surface area (Å²) in [5.74, 6) is -0.593. The van der Waals surface area contributed by atoms with Gasteiger partial charge in [-0.1, -0.05) is 29.8 Å². The first-order chi connectivity index (χ1) is 9.95. The number of hydrogen-bond acceptors (Lipinski definition) is 3. The Hall–Kier alpha value is -2.27. The first-order valence-corrected chi connectivity index (χ1v) is 6.69. The van der Waals surface area contributed by atoms with Gasteiger partial charge in [-0.2, -0.15) is 0 Å². The van der Waals surface area contributed by atoms with E-state index in [2.05, 4.69) is 11.4 Å². The highest BCUT2D eigenvalue weighted by atomic mass is 19.1. The van der Waals surface area contributed by atoms with Crippen molar-refractivity contribution in [2.75, 3.05) is 0 Å². The third-order valence-corrected chi connectivity index (χ3v) is 3.31. The fraction of sp³-hybridized carbons (Fsp3) is 0.250. The second-order valence-corrected chi connectivity index (χ2v) is 5.09. The minimum atomic E-state index is -0.593. The number of rotatable bonds is 5. The van der Waals surface area contributed by atoms with E-state index in [-0.39, 0.29) is 11.7 Å². The van der Waals surface area contributed by atoms with Crippen LogP contribution in [-0.4, -0.2) is 4.92 Å². The molecule has 0 heterocycles. The first kappa shape index (κ1) is 15.1. The van der Waals surface area contributed by atoms with Crippen LogP contribution in [0.5, 0.6) is 0 Å². The molecular weight excluding hydrogens is 271 g/mol. The molecule has 0 amide bonds. The van der Waals surface area contributed by atoms with Gasteiger partial charge < -0.3 is 5.32 Å². The summed E-state index contributed by atoms with van der Waals surface area (Å²) in [7, 11) is 0. The molecule has 0 saturated carbocycles. The van der Waals surface area contributed by atoms with E-state index in [9.17, 15) is 14.5 Å². The minimum absolute atomic E-state index is 0.0761. The predicted octanol–water partition coefficient (Wildman–Crippen LogP) is 3.89. The maximum Gasteiger partial charge on any atom is 0.272 e. The molecule has 4 nitrogen and oxygen atoms in total. The van der Waals surface area contributed by atoms with Crippen molar-refractivity contribution in [1.82, 2.24) is 5.32 Å². The highest BCUT2D eigenvalue weighted by molar-refractivity contribution is 5.35. The van der Waals surface area contributed by atoms with E-state index >= 15 is 0 Å². The molecule has 0 unspecified atom stereocenters. The van der Waals surface area contributed by atoms with Crippen LogP contribution in [0, 0.1) is 22.9 Å². The van der Waals surface area contributed by atoms with E-state index in [1.165, 1.54) is 17.7 Å². The van der Waals surface area contributed by atoms with E-state index in [1.807, 2.05) is 32.0 Å². The van der Waals surface area contributed by atoms with Crippen molar-refractivity contribution in [1.29, 1.82) is 0 Å². The van der Waals surface area contributed by atoms with Gasteiger partial charge in [0.2, 0.25) is 0 Å². The molecule has 2 aromatic carbocycles. The molecule has 2 rings (SSSR count). The number of non-ortho nitro benzene ring substituents is 1. The summed E-state index contributed by atoms with van der Waals surface area (Å²) >= 11 is 0. The van der Waals surface area contributed by atoms with Crippen LogP contribution in [0.1, 0.15) is 29.7 Å². The van der Waals surface area contributed by atoms with Crippen LogP contribution < -0.4 is 5.32 Å². The summed E-state index contributed by atoms with van der Waals surface area (Å²) in [6, 6.07) is 11.8. The number of aryl methyl sites for hydroxylation is 1. The Morgan fingerprint density at radius 2 is 2.05 bits per heavy atom. The average molecular weight is 288 g/mol. The highest BCUT2D eigenvalue weighted by Crippen LogP contribution is 2.18. The zero-order valence-corrected chi connectivity index (χ0v) is 12.0. The monoisotopic (exact) mass is 288 g/mol. The molecule has 0 bridgehead atoms. The van der Waals surface area contributed by atoms with Crippen molar-refractivity contribution in [3.63, 3.8) is 0 Å². The zero-order valence-electron chi connectivity index (χ0n) is 12.0. The molecule has 0 fully saturated rings. The van der Waals surface area contributed by atoms with Crippen LogP contribution in [0.2, 0.25) is 0 Å². The van der Waals surface area contributed by atoms with Crippen LogP contribution in [0.4, 0.5) is 10.1 Å². The van der Waals surface area contributed by atoms with E-state index in [0.717, 1.165) is 11.6 Å². The number of nitrogens with one attached hydrogen (secondary N) is 1. The molecule has 1 N–H and O–H groups in total. The van der Waals surface area contributed by atoms with Crippen molar-refractivity contribution < 1.29 is 9.31 Å². The zero-order chi connectivity index (χ0) is 15.4. The van der Waals surface area contributed by atoms with Gasteiger partial charge in [0.05, 0.1) is 11.0 Å². The topological polar surface area (TPSA) is 55.2 Å². The fourth-order valence-corrected chi connectivity index (χ4v) is 2.17. The number of benzene rings is 2. The van der Waals surface area contributed by atoms with Crippen LogP contribution in [0.15, 0.2) is 42.5 Å². The lowest BCUT2D eigenvalue weighted by atomic mass is 10.1. The molecule has 1 atom stereocenters. The third-order valence-electron chi connectivity index (χ3n) is 3.31. The largest absolute Gasteiger partial charge is 0.306 e. The van der Waals surface area contributed by atoms with Crippen molar-refractivity contribution >= 4 is 5.69 Å². The highest BCUT2D eigenvalue weighted by Gasteiger charge is 2.11. The number of halogens is 1. The van der Waals surface area contributed by atoms with Gasteiger partial charge in [-0.15, -0.1) is 0 Å². The number of nitro benzene ring substituents is 1. The molecule has 0 spiro atoms. The lowest BCUT2D eigenvalue weighted by molar-refractivity contribution is -0.385. The summed E-state index contributed by atoms with van der Waals surface area (Å²) in [5.41, 5.74) is 2.62. The molecule has 21 heavy (non-hydrogen) atoms. The van der Waals surface area contributed by atoms with Gasteiger partial charge in [0, 0.05) is 18.7 Å².